The van der Waals surface area contributed by atoms with Crippen molar-refractivity contribution in [2.45, 2.75) is 56.4 Å². The lowest BCUT2D eigenvalue weighted by Crippen LogP contribution is -2.50. The number of nitrogens with one attached hydrogen (secondary N) is 4. The third-order valence-electron chi connectivity index (χ3n) is 8.11. The lowest BCUT2D eigenvalue weighted by Gasteiger charge is -2.19. The lowest BCUT2D eigenvalue weighted by atomic mass is 10.0. The predicted molar refractivity (Wildman–Crippen MR) is 181 cm³/mol. The summed E-state index contributed by atoms with van der Waals surface area (Å²) in [7, 11) is 0. The van der Waals surface area contributed by atoms with Crippen molar-refractivity contribution in [3.63, 3.8) is 0 Å². The number of carbonyl (C=O) groups excluding carboxylic acids is 4. The highest BCUT2D eigenvalue weighted by molar-refractivity contribution is 6.05. The molecule has 0 radical (unpaired) electrons. The van der Waals surface area contributed by atoms with Gasteiger partial charge in [-0.3, -0.25) is 19.2 Å². The second-order valence-electron chi connectivity index (χ2n) is 11.6. The first-order chi connectivity index (χ1) is 22.9. The van der Waals surface area contributed by atoms with Crippen molar-refractivity contribution in [3.8, 4) is 0 Å². The van der Waals surface area contributed by atoms with Gasteiger partial charge in [-0.1, -0.05) is 97.1 Å². The fourth-order valence-electron chi connectivity index (χ4n) is 5.49. The van der Waals surface area contributed by atoms with Crippen molar-refractivity contribution in [1.82, 2.24) is 16.0 Å². The first-order valence-electron chi connectivity index (χ1n) is 16.0. The molecular weight excluding hydrogens is 594 g/mol. The maximum Gasteiger partial charge on any atom is 0.253 e. The highest BCUT2D eigenvalue weighted by Crippen LogP contribution is 2.25. The molecule has 0 aromatic heterocycles. The number of hydrogen-bond acceptors (Lipinski definition) is 6. The van der Waals surface area contributed by atoms with Crippen LogP contribution in [0.5, 0.6) is 0 Å². The molecule has 1 fully saturated rings. The minimum atomic E-state index is -1.07. The Morgan fingerprint density at radius 1 is 0.681 bits per heavy atom. The molecule has 1 aliphatic rings. The van der Waals surface area contributed by atoms with Crippen LogP contribution in [0, 0.1) is 0 Å². The fourth-order valence-corrected chi connectivity index (χ4v) is 5.49. The van der Waals surface area contributed by atoms with Crippen LogP contribution in [0.4, 0.5) is 5.69 Å². The zero-order valence-electron chi connectivity index (χ0n) is 26.2. The number of amides is 4. The van der Waals surface area contributed by atoms with E-state index in [1.165, 1.54) is 0 Å². The smallest absolute Gasteiger partial charge is 0.253 e. The van der Waals surface area contributed by atoms with Crippen LogP contribution in [0.3, 0.4) is 0 Å². The van der Waals surface area contributed by atoms with Gasteiger partial charge in [-0.2, -0.15) is 0 Å². The summed E-state index contributed by atoms with van der Waals surface area (Å²) in [4.78, 5) is 53.1. The van der Waals surface area contributed by atoms with E-state index in [1.54, 1.807) is 0 Å². The first-order valence-corrected chi connectivity index (χ1v) is 16.0. The molecule has 1 aliphatic heterocycles. The molecule has 4 amide bonds. The summed E-state index contributed by atoms with van der Waals surface area (Å²) in [6.07, 6.45) is 0.450. The molecule has 1 heterocycles. The van der Waals surface area contributed by atoms with E-state index >= 15 is 0 Å². The molecule has 6 N–H and O–H groups in total. The summed E-state index contributed by atoms with van der Waals surface area (Å²) in [6.45, 7) is 0.866. The minimum Gasteiger partial charge on any atom is -0.354 e. The Bertz CT molecular complexity index is 1660. The number of anilines is 1. The molecule has 10 heteroatoms. The van der Waals surface area contributed by atoms with Gasteiger partial charge in [0, 0.05) is 24.0 Å². The van der Waals surface area contributed by atoms with Gasteiger partial charge in [0.05, 0.1) is 0 Å². The van der Waals surface area contributed by atoms with E-state index in [2.05, 4.69) is 21.3 Å². The Balaban J connectivity index is 1.19. The Morgan fingerprint density at radius 3 is 2.00 bits per heavy atom. The number of epoxide rings is 1. The third kappa shape index (κ3) is 9.48. The van der Waals surface area contributed by atoms with Gasteiger partial charge in [0.25, 0.3) is 11.8 Å². The number of unbranched alkanes of at least 4 members (excludes halogenated alkanes) is 1. The molecule has 47 heavy (non-hydrogen) atoms. The van der Waals surface area contributed by atoms with Crippen LogP contribution >= 0.6 is 0 Å². The number of hydrogen-bond donors (Lipinski definition) is 5. The normalized spacial score (nSPS) is 16.4. The molecule has 0 bridgehead atoms. The molecule has 5 rings (SSSR count). The van der Waals surface area contributed by atoms with Gasteiger partial charge in [-0.15, -0.1) is 0 Å². The Morgan fingerprint density at radius 2 is 1.30 bits per heavy atom. The fraction of sp³-hybridized carbons (Fsp3) is 0.297. The van der Waals surface area contributed by atoms with Crippen molar-refractivity contribution >= 4 is 40.1 Å². The summed E-state index contributed by atoms with van der Waals surface area (Å²) in [5.74, 6) is -1.83. The second-order valence-corrected chi connectivity index (χ2v) is 11.6. The van der Waals surface area contributed by atoms with Crippen LogP contribution in [0.25, 0.3) is 10.8 Å². The zero-order valence-corrected chi connectivity index (χ0v) is 26.2. The van der Waals surface area contributed by atoms with Crippen molar-refractivity contribution in [1.29, 1.82) is 0 Å². The van der Waals surface area contributed by atoms with Crippen molar-refractivity contribution in [2.75, 3.05) is 18.4 Å². The number of ether oxygens (including phenoxy) is 1. The van der Waals surface area contributed by atoms with Gasteiger partial charge in [-0.05, 0) is 54.8 Å². The van der Waals surface area contributed by atoms with Gasteiger partial charge in [0.15, 0.2) is 12.2 Å². The number of nitrogens with two attached hydrogens (primary N) is 1. The van der Waals surface area contributed by atoms with E-state index in [0.29, 0.717) is 44.5 Å². The zero-order chi connectivity index (χ0) is 33.0. The monoisotopic (exact) mass is 635 g/mol. The molecule has 4 aromatic carbocycles. The molecule has 2 unspecified atom stereocenters. The number of fused-ring (bicyclic) bond motifs is 1. The van der Waals surface area contributed by atoms with E-state index in [0.717, 1.165) is 21.9 Å². The molecular formula is C37H41N5O5. The van der Waals surface area contributed by atoms with Crippen LogP contribution in [0.2, 0.25) is 0 Å². The maximum atomic E-state index is 13.4. The largest absolute Gasteiger partial charge is 0.354 e. The van der Waals surface area contributed by atoms with Crippen LogP contribution < -0.4 is 27.0 Å². The van der Waals surface area contributed by atoms with E-state index in [-0.39, 0.29) is 18.2 Å². The predicted octanol–water partition coefficient (Wildman–Crippen LogP) is 3.25. The van der Waals surface area contributed by atoms with Crippen LogP contribution in [-0.4, -0.2) is 61.0 Å². The Labute approximate surface area is 274 Å². The SMILES string of the molecule is NCCCC[C@H](NC(=O)C1OC1C(=O)N[C@H](Cc1ccccc1)C(=O)NCCc1ccccc1)C(=O)Nc1cccc2ccccc12. The van der Waals surface area contributed by atoms with E-state index in [4.69, 9.17) is 10.5 Å². The third-order valence-corrected chi connectivity index (χ3v) is 8.11. The second kappa shape index (κ2) is 16.5. The van der Waals surface area contributed by atoms with Crippen LogP contribution in [0.15, 0.2) is 103 Å². The molecule has 10 nitrogen and oxygen atoms in total. The summed E-state index contributed by atoms with van der Waals surface area (Å²) in [5, 5.41) is 13.3. The molecule has 244 valence electrons. The van der Waals surface area contributed by atoms with Gasteiger partial charge in [0.1, 0.15) is 12.1 Å². The van der Waals surface area contributed by atoms with Gasteiger partial charge in [-0.25, -0.2) is 0 Å². The Hall–Kier alpha value is -5.06. The molecule has 1 saturated heterocycles. The van der Waals surface area contributed by atoms with Crippen LogP contribution in [0.1, 0.15) is 30.4 Å². The highest BCUT2D eigenvalue weighted by atomic mass is 16.6. The summed E-state index contributed by atoms with van der Waals surface area (Å²) >= 11 is 0. The van der Waals surface area contributed by atoms with E-state index < -0.39 is 36.1 Å². The van der Waals surface area contributed by atoms with E-state index in [9.17, 15) is 19.2 Å². The Kier molecular flexibility index (Phi) is 11.7. The number of carbonyl (C=O) groups is 4. The summed E-state index contributed by atoms with van der Waals surface area (Å²) in [5.41, 5.74) is 8.27. The van der Waals surface area contributed by atoms with Crippen molar-refractivity contribution in [2.24, 2.45) is 5.73 Å². The quantitative estimate of drug-likeness (QED) is 0.0941. The van der Waals surface area contributed by atoms with E-state index in [1.807, 2.05) is 103 Å². The summed E-state index contributed by atoms with van der Waals surface area (Å²) in [6, 6.07) is 30.8. The first kappa shape index (κ1) is 33.3. The molecule has 4 atom stereocenters. The number of rotatable bonds is 16. The summed E-state index contributed by atoms with van der Waals surface area (Å²) < 4.78 is 5.49. The molecule has 0 spiro atoms. The van der Waals surface area contributed by atoms with Gasteiger partial charge < -0.3 is 31.7 Å². The van der Waals surface area contributed by atoms with Crippen molar-refractivity contribution < 1.29 is 23.9 Å². The lowest BCUT2D eigenvalue weighted by molar-refractivity contribution is -0.129. The van der Waals surface area contributed by atoms with Crippen molar-refractivity contribution in [3.05, 3.63) is 114 Å². The topological polar surface area (TPSA) is 155 Å². The van der Waals surface area contributed by atoms with Crippen LogP contribution in [-0.2, 0) is 36.8 Å². The number of benzene rings is 4. The van der Waals surface area contributed by atoms with Gasteiger partial charge in [0.2, 0.25) is 11.8 Å². The highest BCUT2D eigenvalue weighted by Gasteiger charge is 2.51. The minimum absolute atomic E-state index is 0.269. The average Bonchev–Trinajstić information content (AvgIpc) is 3.90. The maximum absolute atomic E-state index is 13.4. The average molecular weight is 636 g/mol. The standard InChI is InChI=1S/C37H41N5O5/c38-22-10-9-19-30(35(44)40-29-20-11-17-27-16-7-8-18-28(27)29)41-36(45)32-33(47-32)37(46)42-31(24-26-14-5-2-6-15-26)34(43)39-23-21-25-12-3-1-4-13-25/h1-8,11-18,20,30-33H,9-10,19,21-24,38H2,(H,39,43)(H,40,44)(H,41,45)(H,42,46)/t30-,31+,32?,33?/m0/s1. The molecule has 0 aliphatic carbocycles. The van der Waals surface area contributed by atoms with Gasteiger partial charge >= 0.3 is 0 Å². The molecule has 0 saturated carbocycles. The molecule has 4 aromatic rings.